The molecular formula is C20H24N2O3. The van der Waals surface area contributed by atoms with Crippen LogP contribution in [0.25, 0.3) is 0 Å². The predicted octanol–water partition coefficient (Wildman–Crippen LogP) is 3.48. The first kappa shape index (κ1) is 17.3. The Morgan fingerprint density at radius 1 is 1.12 bits per heavy atom. The van der Waals surface area contributed by atoms with Crippen LogP contribution in [0.1, 0.15) is 24.4 Å². The van der Waals surface area contributed by atoms with Crippen molar-refractivity contribution < 1.29 is 14.3 Å². The van der Waals surface area contributed by atoms with Crippen LogP contribution in [0.15, 0.2) is 48.5 Å². The molecule has 5 nitrogen and oxygen atoms in total. The number of ether oxygens (including phenoxy) is 2. The number of carbonyl (C=O) groups excluding carboxylic acids is 1. The first-order valence-corrected chi connectivity index (χ1v) is 8.51. The Labute approximate surface area is 148 Å². The molecule has 2 aromatic carbocycles. The van der Waals surface area contributed by atoms with Crippen molar-refractivity contribution in [3.8, 4) is 11.5 Å². The first-order chi connectivity index (χ1) is 12.2. The summed E-state index contributed by atoms with van der Waals surface area (Å²) in [6.07, 6.45) is 2.15. The minimum atomic E-state index is -0.0111. The molecule has 1 aliphatic rings. The van der Waals surface area contributed by atoms with Crippen molar-refractivity contribution in [2.45, 2.75) is 18.9 Å². The van der Waals surface area contributed by atoms with Crippen molar-refractivity contribution in [1.82, 2.24) is 4.90 Å². The van der Waals surface area contributed by atoms with Gasteiger partial charge in [0.25, 0.3) is 0 Å². The maximum atomic E-state index is 12.4. The van der Waals surface area contributed by atoms with Gasteiger partial charge in [0, 0.05) is 17.8 Å². The zero-order valence-corrected chi connectivity index (χ0v) is 14.7. The number of amides is 1. The summed E-state index contributed by atoms with van der Waals surface area (Å²) in [6.45, 7) is 1.30. The van der Waals surface area contributed by atoms with E-state index in [1.807, 2.05) is 36.4 Å². The van der Waals surface area contributed by atoms with E-state index in [-0.39, 0.29) is 11.9 Å². The van der Waals surface area contributed by atoms with Gasteiger partial charge in [-0.3, -0.25) is 9.69 Å². The van der Waals surface area contributed by atoms with Crippen LogP contribution in [-0.2, 0) is 4.79 Å². The van der Waals surface area contributed by atoms with Crippen molar-refractivity contribution in [1.29, 1.82) is 0 Å². The zero-order chi connectivity index (χ0) is 17.6. The molecule has 0 aliphatic carbocycles. The molecule has 1 heterocycles. The molecule has 1 N–H and O–H groups in total. The summed E-state index contributed by atoms with van der Waals surface area (Å²) in [5, 5.41) is 2.95. The molecule has 0 unspecified atom stereocenters. The summed E-state index contributed by atoms with van der Waals surface area (Å²) in [6, 6.07) is 15.8. The Balaban J connectivity index is 1.65. The van der Waals surface area contributed by atoms with Crippen LogP contribution in [0.2, 0.25) is 0 Å². The Morgan fingerprint density at radius 2 is 1.84 bits per heavy atom. The quantitative estimate of drug-likeness (QED) is 0.875. The molecule has 2 aromatic rings. The van der Waals surface area contributed by atoms with Crippen molar-refractivity contribution in [2.75, 3.05) is 32.6 Å². The van der Waals surface area contributed by atoms with E-state index in [0.717, 1.165) is 36.6 Å². The molecule has 0 spiro atoms. The van der Waals surface area contributed by atoms with E-state index in [1.54, 1.807) is 14.2 Å². The van der Waals surface area contributed by atoms with Crippen LogP contribution < -0.4 is 14.8 Å². The average Bonchev–Trinajstić information content (AvgIpc) is 3.09. The third-order valence-electron chi connectivity index (χ3n) is 4.54. The zero-order valence-electron chi connectivity index (χ0n) is 14.7. The van der Waals surface area contributed by atoms with E-state index >= 15 is 0 Å². The molecule has 1 fully saturated rings. The van der Waals surface area contributed by atoms with E-state index < -0.39 is 0 Å². The van der Waals surface area contributed by atoms with Crippen molar-refractivity contribution in [3.63, 3.8) is 0 Å². The number of nitrogens with zero attached hydrogens (tertiary/aromatic N) is 1. The van der Waals surface area contributed by atoms with Crippen LogP contribution in [-0.4, -0.2) is 38.1 Å². The lowest BCUT2D eigenvalue weighted by atomic mass is 10.0. The normalized spacial score (nSPS) is 17.3. The predicted molar refractivity (Wildman–Crippen MR) is 98.2 cm³/mol. The monoisotopic (exact) mass is 340 g/mol. The largest absolute Gasteiger partial charge is 0.497 e. The van der Waals surface area contributed by atoms with Gasteiger partial charge in [0.1, 0.15) is 11.5 Å². The molecule has 1 amide bonds. The van der Waals surface area contributed by atoms with Gasteiger partial charge in [-0.1, -0.05) is 18.2 Å². The lowest BCUT2D eigenvalue weighted by Gasteiger charge is -2.24. The highest BCUT2D eigenvalue weighted by Gasteiger charge is 2.27. The summed E-state index contributed by atoms with van der Waals surface area (Å²) >= 11 is 0. The number of anilines is 1. The number of rotatable bonds is 6. The molecule has 1 saturated heterocycles. The molecule has 25 heavy (non-hydrogen) atoms. The smallest absolute Gasteiger partial charge is 0.238 e. The topological polar surface area (TPSA) is 50.8 Å². The maximum Gasteiger partial charge on any atom is 0.238 e. The highest BCUT2D eigenvalue weighted by molar-refractivity contribution is 5.92. The van der Waals surface area contributed by atoms with Gasteiger partial charge >= 0.3 is 0 Å². The number of hydrogen-bond donors (Lipinski definition) is 1. The number of carbonyl (C=O) groups is 1. The standard InChI is InChI=1S/C20H24N2O3/c1-24-17-8-3-6-15(12-17)19-10-5-11-22(19)14-20(23)21-16-7-4-9-18(13-16)25-2/h3-4,6-9,12-13,19H,5,10-11,14H2,1-2H3,(H,21,23)/t19-/m1/s1. The van der Waals surface area contributed by atoms with Crippen molar-refractivity contribution >= 4 is 11.6 Å². The van der Waals surface area contributed by atoms with Crippen LogP contribution in [0.4, 0.5) is 5.69 Å². The fourth-order valence-corrected chi connectivity index (χ4v) is 3.33. The highest BCUT2D eigenvalue weighted by atomic mass is 16.5. The molecule has 0 saturated carbocycles. The molecule has 5 heteroatoms. The van der Waals surface area contributed by atoms with Crippen molar-refractivity contribution in [3.05, 3.63) is 54.1 Å². The molecule has 0 radical (unpaired) electrons. The van der Waals surface area contributed by atoms with Gasteiger partial charge in [-0.2, -0.15) is 0 Å². The number of methoxy groups -OCH3 is 2. The van der Waals surface area contributed by atoms with E-state index in [1.165, 1.54) is 5.56 Å². The van der Waals surface area contributed by atoms with Gasteiger partial charge in [0.2, 0.25) is 5.91 Å². The van der Waals surface area contributed by atoms with E-state index in [0.29, 0.717) is 6.54 Å². The summed E-state index contributed by atoms with van der Waals surface area (Å²) in [5.41, 5.74) is 1.95. The van der Waals surface area contributed by atoms with Gasteiger partial charge in [0.15, 0.2) is 0 Å². The van der Waals surface area contributed by atoms with E-state index in [4.69, 9.17) is 9.47 Å². The molecule has 3 rings (SSSR count). The van der Waals surface area contributed by atoms with Gasteiger partial charge in [-0.25, -0.2) is 0 Å². The highest BCUT2D eigenvalue weighted by Crippen LogP contribution is 2.33. The molecule has 1 atom stereocenters. The van der Waals surface area contributed by atoms with Crippen LogP contribution >= 0.6 is 0 Å². The summed E-state index contributed by atoms with van der Waals surface area (Å²) < 4.78 is 10.5. The Hall–Kier alpha value is -2.53. The Bertz CT molecular complexity index is 732. The van der Waals surface area contributed by atoms with Crippen LogP contribution in [0.5, 0.6) is 11.5 Å². The minimum absolute atomic E-state index is 0.0111. The van der Waals surface area contributed by atoms with Gasteiger partial charge in [0.05, 0.1) is 20.8 Å². The Morgan fingerprint density at radius 3 is 2.60 bits per heavy atom. The summed E-state index contributed by atoms with van der Waals surface area (Å²) in [7, 11) is 3.29. The van der Waals surface area contributed by atoms with E-state index in [2.05, 4.69) is 22.3 Å². The second-order valence-corrected chi connectivity index (χ2v) is 6.19. The third kappa shape index (κ3) is 4.31. The SMILES string of the molecule is COc1cccc(NC(=O)CN2CCC[C@@H]2c2cccc(OC)c2)c1. The molecular weight excluding hydrogens is 316 g/mol. The molecule has 1 aliphatic heterocycles. The minimum Gasteiger partial charge on any atom is -0.497 e. The second-order valence-electron chi connectivity index (χ2n) is 6.19. The maximum absolute atomic E-state index is 12.4. The van der Waals surface area contributed by atoms with Crippen molar-refractivity contribution in [2.24, 2.45) is 0 Å². The number of likely N-dealkylation sites (tertiary alicyclic amines) is 1. The van der Waals surface area contributed by atoms with Gasteiger partial charge < -0.3 is 14.8 Å². The number of benzene rings is 2. The average molecular weight is 340 g/mol. The number of nitrogens with one attached hydrogen (secondary N) is 1. The lowest BCUT2D eigenvalue weighted by molar-refractivity contribution is -0.117. The molecule has 132 valence electrons. The molecule has 0 bridgehead atoms. The van der Waals surface area contributed by atoms with Gasteiger partial charge in [-0.15, -0.1) is 0 Å². The summed E-state index contributed by atoms with van der Waals surface area (Å²) in [4.78, 5) is 14.7. The molecule has 0 aromatic heterocycles. The number of hydrogen-bond acceptors (Lipinski definition) is 4. The fraction of sp³-hybridized carbons (Fsp3) is 0.350. The first-order valence-electron chi connectivity index (χ1n) is 8.51. The van der Waals surface area contributed by atoms with E-state index in [9.17, 15) is 4.79 Å². The second kappa shape index (κ2) is 8.03. The van der Waals surface area contributed by atoms with Crippen LogP contribution in [0, 0.1) is 0 Å². The van der Waals surface area contributed by atoms with Gasteiger partial charge in [-0.05, 0) is 49.2 Å². The van der Waals surface area contributed by atoms with Crippen LogP contribution in [0.3, 0.4) is 0 Å². The Kier molecular flexibility index (Phi) is 5.56. The summed E-state index contributed by atoms with van der Waals surface area (Å²) in [5.74, 6) is 1.57. The fourth-order valence-electron chi connectivity index (χ4n) is 3.33. The lowest BCUT2D eigenvalue weighted by Crippen LogP contribution is -2.32. The third-order valence-corrected chi connectivity index (χ3v) is 4.54.